The molecule has 3 aromatic rings. The van der Waals surface area contributed by atoms with Crippen molar-refractivity contribution in [3.63, 3.8) is 0 Å². The number of ether oxygens (including phenoxy) is 1. The Kier molecular flexibility index (Phi) is 7.95. The Bertz CT molecular complexity index is 1220. The highest BCUT2D eigenvalue weighted by Crippen LogP contribution is 2.39. The third kappa shape index (κ3) is 6.30. The molecule has 1 atom stereocenters. The minimum absolute atomic E-state index is 0.664. The highest BCUT2D eigenvalue weighted by atomic mass is 35.5. The van der Waals surface area contributed by atoms with Crippen molar-refractivity contribution in [2.24, 2.45) is 5.92 Å². The molecule has 0 N–H and O–H groups in total. The van der Waals surface area contributed by atoms with Gasteiger partial charge in [-0.05, 0) is 105 Å². The second kappa shape index (κ2) is 11.5. The second-order valence-electron chi connectivity index (χ2n) is 10.3. The normalized spacial score (nSPS) is 16.6. The van der Waals surface area contributed by atoms with Crippen molar-refractivity contribution < 1.29 is 4.74 Å². The first-order chi connectivity index (χ1) is 17.6. The lowest BCUT2D eigenvalue weighted by atomic mass is 10.0. The number of aryl methyl sites for hydroxylation is 1. The summed E-state index contributed by atoms with van der Waals surface area (Å²) in [7, 11) is 2.35. The molecule has 1 unspecified atom stereocenters. The van der Waals surface area contributed by atoms with Crippen LogP contribution in [0.1, 0.15) is 61.8 Å². The Morgan fingerprint density at radius 2 is 1.72 bits per heavy atom. The molecule has 2 saturated carbocycles. The topological polar surface area (TPSA) is 25.4 Å². The zero-order chi connectivity index (χ0) is 24.9. The van der Waals surface area contributed by atoms with Gasteiger partial charge in [0.25, 0.3) is 0 Å². The average Bonchev–Trinajstić information content (AvgIpc) is 3.58. The molecule has 2 aliphatic carbocycles. The van der Waals surface area contributed by atoms with Crippen LogP contribution in [0.4, 0.5) is 0 Å². The summed E-state index contributed by atoms with van der Waals surface area (Å²) in [5.41, 5.74) is 4.99. The Balaban J connectivity index is 1.17. The highest BCUT2D eigenvalue weighted by Gasteiger charge is 2.36. The number of benzene rings is 2. The molecule has 0 saturated heterocycles. The van der Waals surface area contributed by atoms with Crippen LogP contribution < -0.4 is 4.74 Å². The smallest absolute Gasteiger partial charge is 0.122 e. The van der Waals surface area contributed by atoms with Gasteiger partial charge in [-0.2, -0.15) is 0 Å². The second-order valence-corrected chi connectivity index (χ2v) is 10.8. The molecular formula is C32H35ClN2O. The zero-order valence-electron chi connectivity index (χ0n) is 21.3. The maximum absolute atomic E-state index is 6.24. The number of halogens is 1. The molecule has 5 rings (SSSR count). The summed E-state index contributed by atoms with van der Waals surface area (Å²) in [6.45, 7) is 2.87. The van der Waals surface area contributed by atoms with Gasteiger partial charge in [0.15, 0.2) is 0 Å². The van der Waals surface area contributed by atoms with Crippen molar-refractivity contribution in [2.75, 3.05) is 13.7 Å². The molecule has 0 aliphatic heterocycles. The molecule has 4 heteroatoms. The number of nitrogens with zero attached hydrogens (tertiary/aromatic N) is 2. The van der Waals surface area contributed by atoms with E-state index >= 15 is 0 Å². The maximum Gasteiger partial charge on any atom is 0.122 e. The first kappa shape index (κ1) is 24.9. The van der Waals surface area contributed by atoms with E-state index in [0.29, 0.717) is 6.04 Å². The standard InChI is InChI=1S/C32H35ClN2O/c1-23-21-24(7-16-29-17-13-27(22-34-29)25-11-14-28(33)15-12-25)8-18-32(23)36-20-19-31(26-9-10-26)35(2)30-5-3-4-6-30/h8,11-15,17-18,21-22,26,30-31H,3-6,9-10,19-20H2,1-2H3. The van der Waals surface area contributed by atoms with Crippen LogP contribution in [0.25, 0.3) is 11.1 Å². The molecule has 3 nitrogen and oxygen atoms in total. The highest BCUT2D eigenvalue weighted by molar-refractivity contribution is 6.30. The molecule has 2 fully saturated rings. The predicted octanol–water partition coefficient (Wildman–Crippen LogP) is 7.53. The van der Waals surface area contributed by atoms with Crippen molar-refractivity contribution in [3.05, 3.63) is 82.6 Å². The summed E-state index contributed by atoms with van der Waals surface area (Å²) in [5.74, 6) is 8.26. The predicted molar refractivity (Wildman–Crippen MR) is 148 cm³/mol. The SMILES string of the molecule is Cc1cc(C#Cc2ccc(-c3ccc(Cl)cc3)cn2)ccc1OCCC(C1CC1)N(C)C1CCCC1. The monoisotopic (exact) mass is 498 g/mol. The lowest BCUT2D eigenvalue weighted by molar-refractivity contribution is 0.130. The first-order valence-corrected chi connectivity index (χ1v) is 13.6. The fourth-order valence-corrected chi connectivity index (χ4v) is 5.56. The minimum Gasteiger partial charge on any atom is -0.493 e. The van der Waals surface area contributed by atoms with E-state index in [1.807, 2.05) is 48.7 Å². The van der Waals surface area contributed by atoms with E-state index in [4.69, 9.17) is 16.3 Å². The van der Waals surface area contributed by atoms with Crippen molar-refractivity contribution in [1.29, 1.82) is 0 Å². The van der Waals surface area contributed by atoms with E-state index in [0.717, 1.165) is 63.7 Å². The molecule has 0 radical (unpaired) electrons. The van der Waals surface area contributed by atoms with Crippen LogP contribution in [-0.4, -0.2) is 35.6 Å². The van der Waals surface area contributed by atoms with Gasteiger partial charge in [-0.3, -0.25) is 0 Å². The van der Waals surface area contributed by atoms with Crippen molar-refractivity contribution >= 4 is 11.6 Å². The van der Waals surface area contributed by atoms with Crippen LogP contribution in [0.5, 0.6) is 5.75 Å². The van der Waals surface area contributed by atoms with Crippen LogP contribution >= 0.6 is 11.6 Å². The average molecular weight is 499 g/mol. The van der Waals surface area contributed by atoms with E-state index in [-0.39, 0.29) is 0 Å². The number of rotatable bonds is 8. The van der Waals surface area contributed by atoms with E-state index in [1.54, 1.807) is 0 Å². The van der Waals surface area contributed by atoms with Crippen LogP contribution in [0, 0.1) is 24.7 Å². The van der Waals surface area contributed by atoms with Gasteiger partial charge in [0, 0.05) is 34.4 Å². The van der Waals surface area contributed by atoms with Crippen LogP contribution in [0.15, 0.2) is 60.8 Å². The number of hydrogen-bond acceptors (Lipinski definition) is 3. The van der Waals surface area contributed by atoms with Crippen LogP contribution in [-0.2, 0) is 0 Å². The largest absolute Gasteiger partial charge is 0.493 e. The van der Waals surface area contributed by atoms with Gasteiger partial charge >= 0.3 is 0 Å². The molecular weight excluding hydrogens is 464 g/mol. The number of aromatic nitrogens is 1. The molecule has 36 heavy (non-hydrogen) atoms. The third-order valence-electron chi connectivity index (χ3n) is 7.71. The van der Waals surface area contributed by atoms with Gasteiger partial charge in [0.2, 0.25) is 0 Å². The molecule has 1 aromatic heterocycles. The van der Waals surface area contributed by atoms with Gasteiger partial charge < -0.3 is 9.64 Å². The zero-order valence-corrected chi connectivity index (χ0v) is 22.1. The molecule has 0 bridgehead atoms. The molecule has 0 spiro atoms. The van der Waals surface area contributed by atoms with E-state index in [1.165, 1.54) is 38.5 Å². The van der Waals surface area contributed by atoms with Gasteiger partial charge in [-0.25, -0.2) is 4.98 Å². The van der Waals surface area contributed by atoms with Gasteiger partial charge in [-0.1, -0.05) is 48.6 Å². The molecule has 2 aliphatic rings. The number of hydrogen-bond donors (Lipinski definition) is 0. The maximum atomic E-state index is 6.24. The van der Waals surface area contributed by atoms with E-state index in [9.17, 15) is 0 Å². The summed E-state index contributed by atoms with van der Waals surface area (Å²) >= 11 is 5.99. The summed E-state index contributed by atoms with van der Waals surface area (Å²) in [6, 6.07) is 19.4. The fraction of sp³-hybridized carbons (Fsp3) is 0.406. The van der Waals surface area contributed by atoms with E-state index < -0.39 is 0 Å². The lowest BCUT2D eigenvalue weighted by Crippen LogP contribution is -2.41. The quantitative estimate of drug-likeness (QED) is 0.300. The van der Waals surface area contributed by atoms with Gasteiger partial charge in [0.1, 0.15) is 11.4 Å². The fourth-order valence-electron chi connectivity index (χ4n) is 5.43. The summed E-state index contributed by atoms with van der Waals surface area (Å²) < 4.78 is 6.24. The summed E-state index contributed by atoms with van der Waals surface area (Å²) in [5, 5.41) is 0.732. The van der Waals surface area contributed by atoms with Crippen molar-refractivity contribution in [1.82, 2.24) is 9.88 Å². The summed E-state index contributed by atoms with van der Waals surface area (Å²) in [4.78, 5) is 7.19. The molecule has 2 aromatic carbocycles. The van der Waals surface area contributed by atoms with Crippen LogP contribution in [0.3, 0.4) is 0 Å². The first-order valence-electron chi connectivity index (χ1n) is 13.3. The minimum atomic E-state index is 0.664. The lowest BCUT2D eigenvalue weighted by Gasteiger charge is -2.33. The third-order valence-corrected chi connectivity index (χ3v) is 7.96. The number of pyridine rings is 1. The van der Waals surface area contributed by atoms with Gasteiger partial charge in [-0.15, -0.1) is 0 Å². The Labute approximate surface area is 220 Å². The Morgan fingerprint density at radius 3 is 2.39 bits per heavy atom. The summed E-state index contributed by atoms with van der Waals surface area (Å²) in [6.07, 6.45) is 11.2. The Hall–Kier alpha value is -2.80. The van der Waals surface area contributed by atoms with Crippen molar-refractivity contribution in [3.8, 4) is 28.7 Å². The molecule has 0 amide bonds. The Morgan fingerprint density at radius 1 is 0.972 bits per heavy atom. The molecule has 186 valence electrons. The van der Waals surface area contributed by atoms with E-state index in [2.05, 4.69) is 47.8 Å². The van der Waals surface area contributed by atoms with Crippen molar-refractivity contribution in [2.45, 2.75) is 64.0 Å². The van der Waals surface area contributed by atoms with Gasteiger partial charge in [0.05, 0.1) is 6.61 Å². The molecule has 1 heterocycles. The van der Waals surface area contributed by atoms with Crippen LogP contribution in [0.2, 0.25) is 5.02 Å².